The zero-order valence-electron chi connectivity index (χ0n) is 12.0. The van der Waals surface area contributed by atoms with Crippen molar-refractivity contribution in [1.82, 2.24) is 15.1 Å². The first-order valence-corrected chi connectivity index (χ1v) is 7.03. The molecule has 2 heterocycles. The van der Waals surface area contributed by atoms with Crippen molar-refractivity contribution in [2.45, 2.75) is 52.7 Å². The largest absolute Gasteiger partial charge is 0.465 e. The van der Waals surface area contributed by atoms with Gasteiger partial charge in [-0.2, -0.15) is 5.10 Å². The lowest BCUT2D eigenvalue weighted by Crippen LogP contribution is -2.14. The second kappa shape index (κ2) is 6.57. The van der Waals surface area contributed by atoms with Crippen LogP contribution in [0, 0.1) is 6.92 Å². The summed E-state index contributed by atoms with van der Waals surface area (Å²) >= 11 is 0. The minimum absolute atomic E-state index is 0.515. The Kier molecular flexibility index (Phi) is 4.80. The van der Waals surface area contributed by atoms with Crippen LogP contribution in [-0.2, 0) is 13.1 Å². The number of rotatable bonds is 7. The predicted octanol–water partition coefficient (Wildman–Crippen LogP) is 3.44. The summed E-state index contributed by atoms with van der Waals surface area (Å²) in [4.78, 5) is 0. The monoisotopic (exact) mass is 261 g/mol. The van der Waals surface area contributed by atoms with Gasteiger partial charge >= 0.3 is 0 Å². The van der Waals surface area contributed by atoms with Gasteiger partial charge < -0.3 is 9.73 Å². The molecule has 0 aromatic carbocycles. The van der Waals surface area contributed by atoms with Crippen LogP contribution in [0.3, 0.4) is 0 Å². The second-order valence-electron chi connectivity index (χ2n) is 4.87. The van der Waals surface area contributed by atoms with Crippen molar-refractivity contribution in [1.29, 1.82) is 0 Å². The first-order chi connectivity index (χ1) is 9.22. The van der Waals surface area contributed by atoms with Crippen LogP contribution in [0.5, 0.6) is 0 Å². The van der Waals surface area contributed by atoms with Crippen LogP contribution in [0.1, 0.15) is 49.9 Å². The summed E-state index contributed by atoms with van der Waals surface area (Å²) in [5.74, 6) is 1.92. The molecule has 0 saturated carbocycles. The van der Waals surface area contributed by atoms with Crippen molar-refractivity contribution in [3.8, 4) is 0 Å². The molecule has 0 spiro atoms. The fourth-order valence-electron chi connectivity index (χ4n) is 2.23. The molecule has 0 radical (unpaired) electrons. The number of hydrogen-bond donors (Lipinski definition) is 1. The average molecular weight is 261 g/mol. The molecule has 4 heteroatoms. The van der Waals surface area contributed by atoms with Crippen molar-refractivity contribution in [3.05, 3.63) is 41.6 Å². The molecule has 19 heavy (non-hydrogen) atoms. The molecule has 0 amide bonds. The van der Waals surface area contributed by atoms with Gasteiger partial charge in [-0.05, 0) is 38.0 Å². The molecule has 0 aliphatic rings. The zero-order chi connectivity index (χ0) is 13.7. The summed E-state index contributed by atoms with van der Waals surface area (Å²) in [6.45, 7) is 7.87. The van der Waals surface area contributed by atoms with Crippen LogP contribution in [0.15, 0.2) is 28.8 Å². The van der Waals surface area contributed by atoms with Gasteiger partial charge in [0.15, 0.2) is 0 Å². The van der Waals surface area contributed by atoms with Gasteiger partial charge in [0.05, 0.1) is 18.3 Å². The van der Waals surface area contributed by atoms with Crippen molar-refractivity contribution in [2.24, 2.45) is 0 Å². The molecule has 2 rings (SSSR count). The molecule has 0 aliphatic carbocycles. The maximum atomic E-state index is 5.51. The van der Waals surface area contributed by atoms with Crippen LogP contribution in [0.4, 0.5) is 0 Å². The molecule has 0 saturated heterocycles. The molecule has 2 aromatic rings. The minimum Gasteiger partial charge on any atom is -0.465 e. The topological polar surface area (TPSA) is 43.0 Å². The zero-order valence-corrected chi connectivity index (χ0v) is 12.0. The smallest absolute Gasteiger partial charge is 0.117 e. The standard InChI is InChI=1S/C15H23N3O/c1-4-14(5-2)18-9-8-13(17-18)10-16-11-15-7-6-12(3)19-15/h6-9,14,16H,4-5,10-11H2,1-3H3. The summed E-state index contributed by atoms with van der Waals surface area (Å²) in [6, 6.07) is 6.59. The number of aryl methyl sites for hydroxylation is 1. The van der Waals surface area contributed by atoms with Crippen molar-refractivity contribution in [3.63, 3.8) is 0 Å². The summed E-state index contributed by atoms with van der Waals surface area (Å²) in [5, 5.41) is 7.96. The highest BCUT2D eigenvalue weighted by Gasteiger charge is 2.07. The van der Waals surface area contributed by atoms with Gasteiger partial charge in [-0.1, -0.05) is 13.8 Å². The van der Waals surface area contributed by atoms with Gasteiger partial charge in [0.2, 0.25) is 0 Å². The van der Waals surface area contributed by atoms with E-state index in [9.17, 15) is 0 Å². The fraction of sp³-hybridized carbons (Fsp3) is 0.533. The summed E-state index contributed by atoms with van der Waals surface area (Å²) in [5.41, 5.74) is 1.08. The number of nitrogens with one attached hydrogen (secondary N) is 1. The Balaban J connectivity index is 1.83. The van der Waals surface area contributed by atoms with E-state index < -0.39 is 0 Å². The SMILES string of the molecule is CCC(CC)n1ccc(CNCc2ccc(C)o2)n1. The molecule has 0 unspecified atom stereocenters. The van der Waals surface area contributed by atoms with Crippen molar-refractivity contribution >= 4 is 0 Å². The highest BCUT2D eigenvalue weighted by atomic mass is 16.3. The lowest BCUT2D eigenvalue weighted by molar-refractivity contribution is 0.422. The van der Waals surface area contributed by atoms with E-state index in [4.69, 9.17) is 4.42 Å². The Bertz CT molecular complexity index is 497. The third-order valence-electron chi connectivity index (χ3n) is 3.38. The Hall–Kier alpha value is -1.55. The third-order valence-corrected chi connectivity index (χ3v) is 3.38. The number of aromatic nitrogens is 2. The van der Waals surface area contributed by atoms with Gasteiger partial charge in [0.25, 0.3) is 0 Å². The molecular weight excluding hydrogens is 238 g/mol. The van der Waals surface area contributed by atoms with E-state index in [0.717, 1.165) is 43.1 Å². The average Bonchev–Trinajstić information content (AvgIpc) is 3.01. The molecule has 0 fully saturated rings. The van der Waals surface area contributed by atoms with Crippen LogP contribution in [0.25, 0.3) is 0 Å². The van der Waals surface area contributed by atoms with Gasteiger partial charge in [-0.25, -0.2) is 0 Å². The molecule has 0 atom stereocenters. The number of furan rings is 1. The van der Waals surface area contributed by atoms with E-state index in [-0.39, 0.29) is 0 Å². The van der Waals surface area contributed by atoms with E-state index in [1.54, 1.807) is 0 Å². The molecule has 104 valence electrons. The molecule has 0 bridgehead atoms. The Morgan fingerprint density at radius 2 is 2.00 bits per heavy atom. The maximum Gasteiger partial charge on any atom is 0.117 e. The first-order valence-electron chi connectivity index (χ1n) is 7.03. The van der Waals surface area contributed by atoms with E-state index in [2.05, 4.69) is 41.2 Å². The highest BCUT2D eigenvalue weighted by Crippen LogP contribution is 2.14. The molecule has 2 aromatic heterocycles. The maximum absolute atomic E-state index is 5.51. The van der Waals surface area contributed by atoms with Crippen molar-refractivity contribution in [2.75, 3.05) is 0 Å². The van der Waals surface area contributed by atoms with Crippen LogP contribution in [0.2, 0.25) is 0 Å². The van der Waals surface area contributed by atoms with Crippen molar-refractivity contribution < 1.29 is 4.42 Å². The van der Waals surface area contributed by atoms with Gasteiger partial charge in [0, 0.05) is 12.7 Å². The number of nitrogens with zero attached hydrogens (tertiary/aromatic N) is 2. The highest BCUT2D eigenvalue weighted by molar-refractivity contribution is 5.06. The van der Waals surface area contributed by atoms with E-state index >= 15 is 0 Å². The summed E-state index contributed by atoms with van der Waals surface area (Å²) < 4.78 is 7.59. The lowest BCUT2D eigenvalue weighted by atomic mass is 10.2. The molecule has 0 aliphatic heterocycles. The van der Waals surface area contributed by atoms with Gasteiger partial charge in [-0.3, -0.25) is 4.68 Å². The van der Waals surface area contributed by atoms with Crippen LogP contribution < -0.4 is 5.32 Å². The Morgan fingerprint density at radius 3 is 2.63 bits per heavy atom. The molecule has 1 N–H and O–H groups in total. The third kappa shape index (κ3) is 3.70. The van der Waals surface area contributed by atoms with E-state index in [0.29, 0.717) is 6.04 Å². The molecular formula is C15H23N3O. The lowest BCUT2D eigenvalue weighted by Gasteiger charge is -2.12. The fourth-order valence-corrected chi connectivity index (χ4v) is 2.23. The summed E-state index contributed by atoms with van der Waals surface area (Å²) in [7, 11) is 0. The first kappa shape index (κ1) is 13.9. The number of hydrogen-bond acceptors (Lipinski definition) is 3. The van der Waals surface area contributed by atoms with E-state index in [1.165, 1.54) is 0 Å². The predicted molar refractivity (Wildman–Crippen MR) is 75.8 cm³/mol. The Morgan fingerprint density at radius 1 is 1.21 bits per heavy atom. The van der Waals surface area contributed by atoms with E-state index in [1.807, 2.05) is 19.1 Å². The minimum atomic E-state index is 0.515. The molecule has 4 nitrogen and oxygen atoms in total. The van der Waals surface area contributed by atoms with Crippen LogP contribution in [-0.4, -0.2) is 9.78 Å². The Labute approximate surface area is 114 Å². The van der Waals surface area contributed by atoms with Gasteiger partial charge in [-0.15, -0.1) is 0 Å². The van der Waals surface area contributed by atoms with Gasteiger partial charge in [0.1, 0.15) is 11.5 Å². The summed E-state index contributed by atoms with van der Waals surface area (Å²) in [6.07, 6.45) is 4.32. The normalized spacial score (nSPS) is 11.4. The van der Waals surface area contributed by atoms with Crippen LogP contribution >= 0.6 is 0 Å². The quantitative estimate of drug-likeness (QED) is 0.830. The second-order valence-corrected chi connectivity index (χ2v) is 4.87.